The van der Waals surface area contributed by atoms with E-state index in [-0.39, 0.29) is 5.78 Å². The molecule has 0 heterocycles. The molecule has 0 aromatic heterocycles. The van der Waals surface area contributed by atoms with E-state index in [4.69, 9.17) is 23.2 Å². The number of halogens is 2. The Morgan fingerprint density at radius 3 is 2.44 bits per heavy atom. The van der Waals surface area contributed by atoms with Gasteiger partial charge in [0.1, 0.15) is 0 Å². The van der Waals surface area contributed by atoms with Gasteiger partial charge in [0.2, 0.25) is 0 Å². The molecule has 0 fully saturated rings. The maximum absolute atomic E-state index is 11.6. The molecule has 98 valence electrons. The lowest BCUT2D eigenvalue weighted by atomic mass is 10.1. The minimum atomic E-state index is 0.127. The Labute approximate surface area is 119 Å². The highest BCUT2D eigenvalue weighted by Gasteiger charge is 2.02. The summed E-state index contributed by atoms with van der Waals surface area (Å²) < 4.78 is 0. The van der Waals surface area contributed by atoms with Gasteiger partial charge >= 0.3 is 0 Å². The Balaban J connectivity index is 2.51. The molecule has 18 heavy (non-hydrogen) atoms. The number of ketones is 1. The van der Waals surface area contributed by atoms with Crippen LogP contribution in [0.1, 0.15) is 44.6 Å². The molecule has 0 atom stereocenters. The molecule has 0 N–H and O–H groups in total. The van der Waals surface area contributed by atoms with Crippen LogP contribution in [0, 0.1) is 0 Å². The summed E-state index contributed by atoms with van der Waals surface area (Å²) in [7, 11) is 0. The van der Waals surface area contributed by atoms with Gasteiger partial charge in [0.05, 0.1) is 0 Å². The molecule has 0 bridgehead atoms. The zero-order valence-corrected chi connectivity index (χ0v) is 12.1. The van der Waals surface area contributed by atoms with Gasteiger partial charge in [-0.2, -0.15) is 0 Å². The topological polar surface area (TPSA) is 17.1 Å². The molecule has 1 aromatic carbocycles. The van der Waals surface area contributed by atoms with Gasteiger partial charge in [-0.15, -0.1) is 0 Å². The number of unbranched alkanes of at least 4 members (excludes halogenated alkanes) is 3. The van der Waals surface area contributed by atoms with E-state index < -0.39 is 0 Å². The largest absolute Gasteiger partial charge is 0.295 e. The van der Waals surface area contributed by atoms with Gasteiger partial charge in [0, 0.05) is 22.0 Å². The van der Waals surface area contributed by atoms with Crippen LogP contribution in [-0.2, 0) is 4.79 Å². The van der Waals surface area contributed by atoms with Gasteiger partial charge in [0.25, 0.3) is 0 Å². The Hall–Kier alpha value is -0.790. The maximum Gasteiger partial charge on any atom is 0.155 e. The number of carbonyl (C=O) groups excluding carboxylic acids is 1. The molecule has 3 heteroatoms. The molecular weight excluding hydrogens is 267 g/mol. The smallest absolute Gasteiger partial charge is 0.155 e. The first-order valence-electron chi connectivity index (χ1n) is 6.30. The molecule has 0 saturated carbocycles. The van der Waals surface area contributed by atoms with Gasteiger partial charge in [-0.3, -0.25) is 4.79 Å². The fourth-order valence-corrected chi connectivity index (χ4v) is 2.18. The van der Waals surface area contributed by atoms with Crippen LogP contribution in [0.3, 0.4) is 0 Å². The van der Waals surface area contributed by atoms with E-state index in [9.17, 15) is 4.79 Å². The predicted octanol–water partition coefficient (Wildman–Crippen LogP) is 5.55. The number of benzene rings is 1. The minimum absolute atomic E-state index is 0.127. The van der Waals surface area contributed by atoms with Gasteiger partial charge in [0.15, 0.2) is 5.78 Å². The third-order valence-corrected chi connectivity index (χ3v) is 3.37. The van der Waals surface area contributed by atoms with Crippen molar-refractivity contribution in [2.24, 2.45) is 0 Å². The van der Waals surface area contributed by atoms with E-state index in [1.165, 1.54) is 12.8 Å². The summed E-state index contributed by atoms with van der Waals surface area (Å²) in [6.45, 7) is 2.15. The highest BCUT2D eigenvalue weighted by atomic mass is 35.5. The second-order valence-electron chi connectivity index (χ2n) is 4.25. The average Bonchev–Trinajstić information content (AvgIpc) is 2.34. The summed E-state index contributed by atoms with van der Waals surface area (Å²) in [5.74, 6) is 0.127. The highest BCUT2D eigenvalue weighted by Crippen LogP contribution is 2.25. The van der Waals surface area contributed by atoms with Crippen LogP contribution >= 0.6 is 23.2 Å². The lowest BCUT2D eigenvalue weighted by molar-refractivity contribution is -0.114. The summed E-state index contributed by atoms with van der Waals surface area (Å²) in [5.41, 5.74) is 0.711. The molecule has 0 spiro atoms. The predicted molar refractivity (Wildman–Crippen MR) is 79.3 cm³/mol. The van der Waals surface area contributed by atoms with Crippen molar-refractivity contribution in [1.29, 1.82) is 0 Å². The summed E-state index contributed by atoms with van der Waals surface area (Å²) in [4.78, 5) is 11.6. The van der Waals surface area contributed by atoms with Crippen LogP contribution in [0.4, 0.5) is 0 Å². The van der Waals surface area contributed by atoms with Crippen LogP contribution < -0.4 is 0 Å². The van der Waals surface area contributed by atoms with Crippen molar-refractivity contribution in [1.82, 2.24) is 0 Å². The quantitative estimate of drug-likeness (QED) is 0.474. The van der Waals surface area contributed by atoms with Gasteiger partial charge < -0.3 is 0 Å². The molecule has 0 amide bonds. The first-order chi connectivity index (χ1) is 8.65. The fraction of sp³-hybridized carbons (Fsp3) is 0.400. The normalized spacial score (nSPS) is 11.1. The molecule has 0 aliphatic rings. The third-order valence-electron chi connectivity index (χ3n) is 2.71. The van der Waals surface area contributed by atoms with E-state index in [0.717, 1.165) is 12.8 Å². The first kappa shape index (κ1) is 15.3. The van der Waals surface area contributed by atoms with Crippen LogP contribution in [0.5, 0.6) is 0 Å². The van der Waals surface area contributed by atoms with Crippen LogP contribution in [0.2, 0.25) is 10.0 Å². The summed E-state index contributed by atoms with van der Waals surface area (Å²) in [6.07, 6.45) is 8.30. The van der Waals surface area contributed by atoms with Crippen molar-refractivity contribution in [2.45, 2.75) is 39.0 Å². The molecule has 1 aromatic rings. The molecule has 1 rings (SSSR count). The van der Waals surface area contributed by atoms with Gasteiger partial charge in [-0.25, -0.2) is 0 Å². The van der Waals surface area contributed by atoms with Crippen molar-refractivity contribution in [3.63, 3.8) is 0 Å². The molecule has 0 unspecified atom stereocenters. The molecule has 0 aliphatic heterocycles. The molecule has 0 saturated heterocycles. The Kier molecular flexibility index (Phi) is 7.07. The zero-order chi connectivity index (χ0) is 13.4. The van der Waals surface area contributed by atoms with Crippen molar-refractivity contribution in [3.05, 3.63) is 39.9 Å². The third kappa shape index (κ3) is 5.24. The first-order valence-corrected chi connectivity index (χ1v) is 7.05. The van der Waals surface area contributed by atoms with Gasteiger partial charge in [-0.1, -0.05) is 55.5 Å². The average molecular weight is 285 g/mol. The van der Waals surface area contributed by atoms with Gasteiger partial charge in [-0.05, 0) is 30.7 Å². The van der Waals surface area contributed by atoms with E-state index in [0.29, 0.717) is 22.0 Å². The Morgan fingerprint density at radius 2 is 1.83 bits per heavy atom. The van der Waals surface area contributed by atoms with E-state index >= 15 is 0 Å². The second kappa shape index (κ2) is 8.34. The van der Waals surface area contributed by atoms with E-state index in [1.54, 1.807) is 30.4 Å². The second-order valence-corrected chi connectivity index (χ2v) is 5.06. The van der Waals surface area contributed by atoms with Crippen LogP contribution in [0.25, 0.3) is 6.08 Å². The highest BCUT2D eigenvalue weighted by molar-refractivity contribution is 6.37. The van der Waals surface area contributed by atoms with Crippen molar-refractivity contribution < 1.29 is 4.79 Å². The molecule has 0 aliphatic carbocycles. The van der Waals surface area contributed by atoms with E-state index in [2.05, 4.69) is 6.92 Å². The minimum Gasteiger partial charge on any atom is -0.295 e. The summed E-state index contributed by atoms with van der Waals surface area (Å²) in [5, 5.41) is 1.13. The van der Waals surface area contributed by atoms with Crippen molar-refractivity contribution in [3.8, 4) is 0 Å². The number of allylic oxidation sites excluding steroid dienone is 1. The number of hydrogen-bond acceptors (Lipinski definition) is 1. The fourth-order valence-electron chi connectivity index (χ4n) is 1.66. The monoisotopic (exact) mass is 284 g/mol. The Bertz CT molecular complexity index is 404. The molecular formula is C15H18Cl2O. The zero-order valence-electron chi connectivity index (χ0n) is 10.6. The maximum atomic E-state index is 11.6. The molecule has 0 radical (unpaired) electrons. The number of carbonyl (C=O) groups is 1. The molecule has 1 nitrogen and oxygen atoms in total. The van der Waals surface area contributed by atoms with Crippen LogP contribution in [0.15, 0.2) is 24.3 Å². The number of hydrogen-bond donors (Lipinski definition) is 0. The number of rotatable bonds is 7. The lowest BCUT2D eigenvalue weighted by Gasteiger charge is -2.00. The van der Waals surface area contributed by atoms with Crippen molar-refractivity contribution >= 4 is 35.1 Å². The van der Waals surface area contributed by atoms with E-state index in [1.807, 2.05) is 0 Å². The summed E-state index contributed by atoms with van der Waals surface area (Å²) in [6, 6.07) is 5.31. The lowest BCUT2D eigenvalue weighted by Crippen LogP contribution is -1.92. The standard InChI is InChI=1S/C15H18Cl2O/c1-2-3-4-5-7-12(18)10-11-13-14(16)8-6-9-15(13)17/h6,8-11H,2-5,7H2,1H3. The van der Waals surface area contributed by atoms with Crippen molar-refractivity contribution in [2.75, 3.05) is 0 Å². The Morgan fingerprint density at radius 1 is 1.17 bits per heavy atom. The van der Waals surface area contributed by atoms with Crippen LogP contribution in [-0.4, -0.2) is 5.78 Å². The SMILES string of the molecule is CCCCCCC(=O)C=Cc1c(Cl)cccc1Cl. The summed E-state index contributed by atoms with van der Waals surface area (Å²) >= 11 is 12.0.